The molecule has 0 spiro atoms. The molecule has 3 aromatic rings. The molecule has 0 radical (unpaired) electrons. The van der Waals surface area contributed by atoms with Crippen molar-refractivity contribution >= 4 is 10.8 Å². The van der Waals surface area contributed by atoms with E-state index in [0.717, 1.165) is 12.1 Å². The number of H-pyrrole nitrogens is 1. The van der Waals surface area contributed by atoms with Gasteiger partial charge in [0.15, 0.2) is 0 Å². The molecule has 0 atom stereocenters. The fraction of sp³-hybridized carbons (Fsp3) is 0.278. The van der Waals surface area contributed by atoms with E-state index in [-0.39, 0.29) is 0 Å². The van der Waals surface area contributed by atoms with E-state index < -0.39 is 0 Å². The molecule has 1 heterocycles. The summed E-state index contributed by atoms with van der Waals surface area (Å²) < 4.78 is 0. The SMILES string of the molecule is CCCCCc1cc(-c2ccc3ccccc3c2)n[nH]1. The van der Waals surface area contributed by atoms with Gasteiger partial charge in [-0.15, -0.1) is 0 Å². The van der Waals surface area contributed by atoms with Gasteiger partial charge in [0.25, 0.3) is 0 Å². The fourth-order valence-corrected chi connectivity index (χ4v) is 2.55. The van der Waals surface area contributed by atoms with Crippen LogP contribution in [0, 0.1) is 0 Å². The molecule has 0 aliphatic carbocycles. The molecule has 0 fully saturated rings. The molecule has 1 N–H and O–H groups in total. The van der Waals surface area contributed by atoms with Crippen molar-refractivity contribution < 1.29 is 0 Å². The zero-order valence-corrected chi connectivity index (χ0v) is 11.9. The largest absolute Gasteiger partial charge is 0.282 e. The highest BCUT2D eigenvalue weighted by Gasteiger charge is 2.04. The zero-order chi connectivity index (χ0) is 13.8. The van der Waals surface area contributed by atoms with Crippen LogP contribution in [-0.2, 0) is 6.42 Å². The summed E-state index contributed by atoms with van der Waals surface area (Å²) >= 11 is 0. The Morgan fingerprint density at radius 2 is 1.80 bits per heavy atom. The van der Waals surface area contributed by atoms with E-state index in [1.165, 1.54) is 41.3 Å². The Balaban J connectivity index is 1.83. The van der Waals surface area contributed by atoms with Gasteiger partial charge in [-0.3, -0.25) is 5.10 Å². The molecule has 0 saturated carbocycles. The van der Waals surface area contributed by atoms with Gasteiger partial charge in [0.1, 0.15) is 0 Å². The third kappa shape index (κ3) is 2.74. The number of fused-ring (bicyclic) bond motifs is 1. The van der Waals surface area contributed by atoms with Gasteiger partial charge >= 0.3 is 0 Å². The van der Waals surface area contributed by atoms with E-state index in [1.807, 2.05) is 0 Å². The van der Waals surface area contributed by atoms with Crippen molar-refractivity contribution in [1.82, 2.24) is 10.2 Å². The number of benzene rings is 2. The summed E-state index contributed by atoms with van der Waals surface area (Å²) in [4.78, 5) is 0. The minimum Gasteiger partial charge on any atom is -0.282 e. The van der Waals surface area contributed by atoms with Gasteiger partial charge in [-0.2, -0.15) is 5.10 Å². The summed E-state index contributed by atoms with van der Waals surface area (Å²) in [5.41, 5.74) is 3.46. The van der Waals surface area contributed by atoms with Gasteiger partial charge in [-0.1, -0.05) is 56.2 Å². The van der Waals surface area contributed by atoms with Crippen LogP contribution >= 0.6 is 0 Å². The number of aromatic nitrogens is 2. The predicted octanol–water partition coefficient (Wildman–Crippen LogP) is 4.96. The van der Waals surface area contributed by atoms with Crippen LogP contribution in [0.4, 0.5) is 0 Å². The van der Waals surface area contributed by atoms with Crippen LogP contribution in [0.1, 0.15) is 31.9 Å². The van der Waals surface area contributed by atoms with Gasteiger partial charge in [0, 0.05) is 11.3 Å². The summed E-state index contributed by atoms with van der Waals surface area (Å²) in [5.74, 6) is 0. The summed E-state index contributed by atoms with van der Waals surface area (Å²) in [6.07, 6.45) is 4.86. The van der Waals surface area contributed by atoms with E-state index in [2.05, 4.69) is 65.7 Å². The summed E-state index contributed by atoms with van der Waals surface area (Å²) in [6, 6.07) is 17.1. The third-order valence-electron chi connectivity index (χ3n) is 3.73. The lowest BCUT2D eigenvalue weighted by atomic mass is 10.0. The van der Waals surface area contributed by atoms with Gasteiger partial charge in [-0.25, -0.2) is 0 Å². The first-order valence-corrected chi connectivity index (χ1v) is 7.40. The molecule has 102 valence electrons. The molecule has 0 amide bonds. The van der Waals surface area contributed by atoms with Crippen LogP contribution in [0.25, 0.3) is 22.0 Å². The van der Waals surface area contributed by atoms with Crippen molar-refractivity contribution in [2.75, 3.05) is 0 Å². The van der Waals surface area contributed by atoms with Crippen LogP contribution in [0.5, 0.6) is 0 Å². The van der Waals surface area contributed by atoms with Gasteiger partial charge in [0.05, 0.1) is 5.69 Å². The number of hydrogen-bond acceptors (Lipinski definition) is 1. The number of aryl methyl sites for hydroxylation is 1. The Morgan fingerprint density at radius 3 is 2.65 bits per heavy atom. The molecule has 20 heavy (non-hydrogen) atoms. The zero-order valence-electron chi connectivity index (χ0n) is 11.9. The monoisotopic (exact) mass is 264 g/mol. The average molecular weight is 264 g/mol. The van der Waals surface area contributed by atoms with Crippen molar-refractivity contribution in [3.63, 3.8) is 0 Å². The molecule has 0 bridgehead atoms. The van der Waals surface area contributed by atoms with Crippen molar-refractivity contribution in [2.24, 2.45) is 0 Å². The molecule has 0 saturated heterocycles. The number of nitrogens with one attached hydrogen (secondary N) is 1. The molecule has 3 rings (SSSR count). The lowest BCUT2D eigenvalue weighted by Gasteiger charge is -2.00. The second-order valence-electron chi connectivity index (χ2n) is 5.30. The van der Waals surface area contributed by atoms with E-state index in [9.17, 15) is 0 Å². The molecule has 0 aliphatic heterocycles. The molecule has 0 unspecified atom stereocenters. The van der Waals surface area contributed by atoms with E-state index in [1.54, 1.807) is 0 Å². The fourth-order valence-electron chi connectivity index (χ4n) is 2.55. The summed E-state index contributed by atoms with van der Waals surface area (Å²) in [6.45, 7) is 2.23. The van der Waals surface area contributed by atoms with Gasteiger partial charge in [-0.05, 0) is 35.7 Å². The van der Waals surface area contributed by atoms with Crippen LogP contribution in [0.2, 0.25) is 0 Å². The molecule has 2 nitrogen and oxygen atoms in total. The lowest BCUT2D eigenvalue weighted by Crippen LogP contribution is -1.84. The smallest absolute Gasteiger partial charge is 0.0923 e. The summed E-state index contributed by atoms with van der Waals surface area (Å²) in [7, 11) is 0. The summed E-state index contributed by atoms with van der Waals surface area (Å²) in [5, 5.41) is 10.1. The van der Waals surface area contributed by atoms with Crippen LogP contribution in [0.3, 0.4) is 0 Å². The first-order chi connectivity index (χ1) is 9.86. The standard InChI is InChI=1S/C18H20N2/c1-2-3-4-9-17-13-18(20-19-17)16-11-10-14-7-5-6-8-15(14)12-16/h5-8,10-13H,2-4,9H2,1H3,(H,19,20). The topological polar surface area (TPSA) is 28.7 Å². The van der Waals surface area contributed by atoms with Crippen LogP contribution in [0.15, 0.2) is 48.5 Å². The first kappa shape index (κ1) is 12.9. The predicted molar refractivity (Wildman–Crippen MR) is 84.8 cm³/mol. The molecular weight excluding hydrogens is 244 g/mol. The van der Waals surface area contributed by atoms with E-state index in [4.69, 9.17) is 0 Å². The van der Waals surface area contributed by atoms with Crippen molar-refractivity contribution in [3.8, 4) is 11.3 Å². The Bertz CT molecular complexity index is 697. The Labute approximate surface area is 119 Å². The molecule has 1 aromatic heterocycles. The number of unbranched alkanes of at least 4 members (excludes halogenated alkanes) is 2. The van der Waals surface area contributed by atoms with Crippen molar-refractivity contribution in [1.29, 1.82) is 0 Å². The normalized spacial score (nSPS) is 11.1. The van der Waals surface area contributed by atoms with E-state index in [0.29, 0.717) is 0 Å². The second kappa shape index (κ2) is 5.91. The van der Waals surface area contributed by atoms with Gasteiger partial charge < -0.3 is 0 Å². The van der Waals surface area contributed by atoms with Gasteiger partial charge in [0.2, 0.25) is 0 Å². The number of rotatable bonds is 5. The average Bonchev–Trinajstić information content (AvgIpc) is 2.96. The highest BCUT2D eigenvalue weighted by atomic mass is 15.1. The number of aromatic amines is 1. The van der Waals surface area contributed by atoms with E-state index >= 15 is 0 Å². The molecule has 2 heteroatoms. The maximum absolute atomic E-state index is 4.45. The number of hydrogen-bond donors (Lipinski definition) is 1. The highest BCUT2D eigenvalue weighted by Crippen LogP contribution is 2.23. The molecule has 0 aliphatic rings. The van der Waals surface area contributed by atoms with Crippen LogP contribution < -0.4 is 0 Å². The van der Waals surface area contributed by atoms with Crippen molar-refractivity contribution in [2.45, 2.75) is 32.6 Å². The highest BCUT2D eigenvalue weighted by molar-refractivity contribution is 5.86. The first-order valence-electron chi connectivity index (χ1n) is 7.40. The minimum atomic E-state index is 1.04. The minimum absolute atomic E-state index is 1.04. The van der Waals surface area contributed by atoms with Crippen LogP contribution in [-0.4, -0.2) is 10.2 Å². The van der Waals surface area contributed by atoms with Crippen molar-refractivity contribution in [3.05, 3.63) is 54.2 Å². The Kier molecular flexibility index (Phi) is 3.82. The maximum atomic E-state index is 4.45. The number of nitrogens with zero attached hydrogens (tertiary/aromatic N) is 1. The molecule has 2 aromatic carbocycles. The molecular formula is C18H20N2. The third-order valence-corrected chi connectivity index (χ3v) is 3.73. The second-order valence-corrected chi connectivity index (χ2v) is 5.30. The Hall–Kier alpha value is -2.09. The maximum Gasteiger partial charge on any atom is 0.0923 e. The Morgan fingerprint density at radius 1 is 0.950 bits per heavy atom. The lowest BCUT2D eigenvalue weighted by molar-refractivity contribution is 0.705. The quantitative estimate of drug-likeness (QED) is 0.648.